The first kappa shape index (κ1) is 12.5. The molecule has 2 rings (SSSR count). The third kappa shape index (κ3) is 2.73. The van der Waals surface area contributed by atoms with Crippen LogP contribution in [0.1, 0.15) is 32.8 Å². The molecule has 0 saturated heterocycles. The first-order valence-corrected chi connectivity index (χ1v) is 5.43. The Morgan fingerprint density at radius 1 is 0.750 bits per heavy atom. The smallest absolute Gasteiger partial charge is 0.0181 e. The van der Waals surface area contributed by atoms with Gasteiger partial charge in [0.05, 0.1) is 0 Å². The third-order valence-corrected chi connectivity index (χ3v) is 2.66. The van der Waals surface area contributed by atoms with Crippen LogP contribution in [0, 0.1) is 0 Å². The van der Waals surface area contributed by atoms with Crippen LogP contribution in [0.15, 0.2) is 54.6 Å². The van der Waals surface area contributed by atoms with Gasteiger partial charge in [-0.15, -0.1) is 0 Å². The van der Waals surface area contributed by atoms with E-state index in [0.29, 0.717) is 5.92 Å². The van der Waals surface area contributed by atoms with Crippen molar-refractivity contribution in [2.45, 2.75) is 27.2 Å². The molecule has 0 aliphatic heterocycles. The van der Waals surface area contributed by atoms with Crippen LogP contribution in [0.5, 0.6) is 0 Å². The van der Waals surface area contributed by atoms with Crippen LogP contribution in [0.3, 0.4) is 0 Å². The van der Waals surface area contributed by atoms with E-state index in [-0.39, 0.29) is 7.43 Å². The van der Waals surface area contributed by atoms with Crippen molar-refractivity contribution in [3.63, 3.8) is 0 Å². The van der Waals surface area contributed by atoms with Crippen molar-refractivity contribution in [1.82, 2.24) is 0 Å². The summed E-state index contributed by atoms with van der Waals surface area (Å²) in [5.41, 5.74) is 4.00. The molecule has 0 N–H and O–H groups in total. The summed E-state index contributed by atoms with van der Waals surface area (Å²) in [5, 5.41) is 0. The van der Waals surface area contributed by atoms with E-state index in [1.807, 2.05) is 0 Å². The molecule has 16 heavy (non-hydrogen) atoms. The minimum Gasteiger partial charge on any atom is -0.0776 e. The Hall–Kier alpha value is -1.56. The second-order valence-electron chi connectivity index (χ2n) is 4.15. The highest BCUT2D eigenvalue weighted by molar-refractivity contribution is 5.64. The van der Waals surface area contributed by atoms with Gasteiger partial charge in [0.15, 0.2) is 0 Å². The highest BCUT2D eigenvalue weighted by Gasteiger charge is 2.01. The van der Waals surface area contributed by atoms with Crippen molar-refractivity contribution in [3.05, 3.63) is 60.2 Å². The molecule has 0 nitrogen and oxygen atoms in total. The van der Waals surface area contributed by atoms with Gasteiger partial charge in [-0.25, -0.2) is 0 Å². The first-order chi connectivity index (χ1) is 7.27. The maximum Gasteiger partial charge on any atom is -0.0181 e. The summed E-state index contributed by atoms with van der Waals surface area (Å²) in [6.45, 7) is 4.45. The van der Waals surface area contributed by atoms with E-state index in [1.165, 1.54) is 16.7 Å². The van der Waals surface area contributed by atoms with E-state index in [1.54, 1.807) is 0 Å². The molecule has 0 amide bonds. The summed E-state index contributed by atoms with van der Waals surface area (Å²) >= 11 is 0. The highest BCUT2D eigenvalue weighted by Crippen LogP contribution is 2.23. The number of rotatable bonds is 2. The lowest BCUT2D eigenvalue weighted by molar-refractivity contribution is 0.867. The van der Waals surface area contributed by atoms with Crippen LogP contribution in [0.25, 0.3) is 11.1 Å². The van der Waals surface area contributed by atoms with Gasteiger partial charge < -0.3 is 0 Å². The summed E-state index contributed by atoms with van der Waals surface area (Å²) in [6.07, 6.45) is 0. The van der Waals surface area contributed by atoms with Gasteiger partial charge in [0.25, 0.3) is 0 Å². The molecule has 0 atom stereocenters. The summed E-state index contributed by atoms with van der Waals surface area (Å²) in [6, 6.07) is 19.3. The second-order valence-corrected chi connectivity index (χ2v) is 4.15. The van der Waals surface area contributed by atoms with Gasteiger partial charge in [-0.3, -0.25) is 0 Å². The molecule has 0 heteroatoms. The molecule has 0 aliphatic rings. The van der Waals surface area contributed by atoms with Crippen LogP contribution in [-0.2, 0) is 0 Å². The van der Waals surface area contributed by atoms with Crippen molar-refractivity contribution in [1.29, 1.82) is 0 Å². The van der Waals surface area contributed by atoms with Gasteiger partial charge in [-0.05, 0) is 22.6 Å². The molecule has 0 saturated carbocycles. The van der Waals surface area contributed by atoms with E-state index in [9.17, 15) is 0 Å². The molecule has 0 aromatic heterocycles. The van der Waals surface area contributed by atoms with Gasteiger partial charge in [-0.1, -0.05) is 75.9 Å². The summed E-state index contributed by atoms with van der Waals surface area (Å²) < 4.78 is 0. The molecule has 0 bridgehead atoms. The maximum atomic E-state index is 2.28. The normalized spacial score (nSPS) is 9.94. The average molecular weight is 212 g/mol. The molecule has 0 spiro atoms. The zero-order chi connectivity index (χ0) is 10.7. The van der Waals surface area contributed by atoms with Crippen LogP contribution < -0.4 is 0 Å². The number of benzene rings is 2. The number of hydrogen-bond acceptors (Lipinski definition) is 0. The zero-order valence-corrected chi connectivity index (χ0v) is 9.27. The standard InChI is InChI=1S/C15H16.CH4/c1-12(2)14-9-6-10-15(11-14)13-7-4-3-5-8-13;/h3-12H,1-2H3;1H4. The highest BCUT2D eigenvalue weighted by atomic mass is 14.1. The lowest BCUT2D eigenvalue weighted by Crippen LogP contribution is -1.87. The zero-order valence-electron chi connectivity index (χ0n) is 9.27. The molecule has 0 radical (unpaired) electrons. The molecular weight excluding hydrogens is 192 g/mol. The summed E-state index contributed by atoms with van der Waals surface area (Å²) in [7, 11) is 0. The SMILES string of the molecule is C.CC(C)c1cccc(-c2ccccc2)c1. The molecule has 0 fully saturated rings. The monoisotopic (exact) mass is 212 g/mol. The van der Waals surface area contributed by atoms with Crippen LogP contribution >= 0.6 is 0 Å². The van der Waals surface area contributed by atoms with Crippen LogP contribution in [0.2, 0.25) is 0 Å². The van der Waals surface area contributed by atoms with E-state index in [2.05, 4.69) is 68.4 Å². The molecule has 0 aliphatic carbocycles. The van der Waals surface area contributed by atoms with E-state index >= 15 is 0 Å². The van der Waals surface area contributed by atoms with Crippen LogP contribution in [0.4, 0.5) is 0 Å². The lowest BCUT2D eigenvalue weighted by atomic mass is 9.98. The fourth-order valence-corrected chi connectivity index (χ4v) is 1.71. The predicted octanol–water partition coefficient (Wildman–Crippen LogP) is 5.11. The topological polar surface area (TPSA) is 0 Å². The van der Waals surface area contributed by atoms with Crippen molar-refractivity contribution in [2.75, 3.05) is 0 Å². The Labute approximate surface area is 99.0 Å². The van der Waals surface area contributed by atoms with Crippen molar-refractivity contribution >= 4 is 0 Å². The van der Waals surface area contributed by atoms with Gasteiger partial charge in [0.2, 0.25) is 0 Å². The molecule has 0 heterocycles. The Bertz CT molecular complexity index is 427. The molecular formula is C16H20. The van der Waals surface area contributed by atoms with E-state index in [4.69, 9.17) is 0 Å². The average Bonchev–Trinajstić information content (AvgIpc) is 2.30. The fourth-order valence-electron chi connectivity index (χ4n) is 1.71. The van der Waals surface area contributed by atoms with Crippen molar-refractivity contribution in [2.24, 2.45) is 0 Å². The van der Waals surface area contributed by atoms with Crippen LogP contribution in [-0.4, -0.2) is 0 Å². The summed E-state index contributed by atoms with van der Waals surface area (Å²) in [4.78, 5) is 0. The van der Waals surface area contributed by atoms with Crippen molar-refractivity contribution < 1.29 is 0 Å². The van der Waals surface area contributed by atoms with Gasteiger partial charge in [0, 0.05) is 0 Å². The lowest BCUT2D eigenvalue weighted by Gasteiger charge is -2.08. The molecule has 2 aromatic carbocycles. The third-order valence-electron chi connectivity index (χ3n) is 2.66. The second kappa shape index (κ2) is 5.50. The van der Waals surface area contributed by atoms with Gasteiger partial charge in [0.1, 0.15) is 0 Å². The Kier molecular flexibility index (Phi) is 4.30. The quantitative estimate of drug-likeness (QED) is 0.648. The Morgan fingerprint density at radius 3 is 2.00 bits per heavy atom. The first-order valence-electron chi connectivity index (χ1n) is 5.43. The Balaban J connectivity index is 0.00000128. The molecule has 84 valence electrons. The maximum absolute atomic E-state index is 2.28. The molecule has 0 unspecified atom stereocenters. The number of hydrogen-bond donors (Lipinski definition) is 0. The van der Waals surface area contributed by atoms with Gasteiger partial charge in [-0.2, -0.15) is 0 Å². The van der Waals surface area contributed by atoms with E-state index < -0.39 is 0 Å². The van der Waals surface area contributed by atoms with E-state index in [0.717, 1.165) is 0 Å². The van der Waals surface area contributed by atoms with Crippen molar-refractivity contribution in [3.8, 4) is 11.1 Å². The molecule has 2 aromatic rings. The largest absolute Gasteiger partial charge is 0.0776 e. The predicted molar refractivity (Wildman–Crippen MR) is 72.7 cm³/mol. The minimum atomic E-state index is 0. The summed E-state index contributed by atoms with van der Waals surface area (Å²) in [5.74, 6) is 0.591. The van der Waals surface area contributed by atoms with Gasteiger partial charge >= 0.3 is 0 Å². The Morgan fingerprint density at radius 2 is 1.38 bits per heavy atom. The fraction of sp³-hybridized carbons (Fsp3) is 0.250. The minimum absolute atomic E-state index is 0.